The molecule has 0 spiro atoms. The van der Waals surface area contributed by atoms with E-state index in [1.54, 1.807) is 6.92 Å². The zero-order valence-electron chi connectivity index (χ0n) is 13.3. The van der Waals surface area contributed by atoms with Crippen LogP contribution in [0.3, 0.4) is 0 Å². The lowest BCUT2D eigenvalue weighted by atomic mass is 10.0. The van der Waals surface area contributed by atoms with Crippen LogP contribution in [0.5, 0.6) is 0 Å². The van der Waals surface area contributed by atoms with Crippen LogP contribution in [0.2, 0.25) is 0 Å². The van der Waals surface area contributed by atoms with Crippen molar-refractivity contribution >= 4 is 23.1 Å². The van der Waals surface area contributed by atoms with Gasteiger partial charge in [0, 0.05) is 6.42 Å². The van der Waals surface area contributed by atoms with E-state index in [1.165, 1.54) is 5.01 Å². The second kappa shape index (κ2) is 6.95. The van der Waals surface area contributed by atoms with Gasteiger partial charge in [-0.05, 0) is 24.6 Å². The number of nitrogens with zero attached hydrogens (tertiary/aromatic N) is 3. The van der Waals surface area contributed by atoms with Gasteiger partial charge in [-0.25, -0.2) is 5.01 Å². The Labute approximate surface area is 140 Å². The highest BCUT2D eigenvalue weighted by Gasteiger charge is 2.32. The summed E-state index contributed by atoms with van der Waals surface area (Å²) in [4.78, 5) is 17.3. The van der Waals surface area contributed by atoms with Gasteiger partial charge in [0.1, 0.15) is 11.8 Å². The second-order valence-corrected chi connectivity index (χ2v) is 5.49. The molecule has 0 unspecified atom stereocenters. The highest BCUT2D eigenvalue weighted by Crippen LogP contribution is 2.18. The van der Waals surface area contributed by atoms with Gasteiger partial charge in [-0.3, -0.25) is 15.2 Å². The monoisotopic (exact) mass is 322 g/mol. The van der Waals surface area contributed by atoms with Gasteiger partial charge < -0.3 is 5.21 Å². The number of carbonyl (C=O) groups is 1. The topological polar surface area (TPSA) is 77.3 Å². The van der Waals surface area contributed by atoms with Gasteiger partial charge in [-0.1, -0.05) is 53.7 Å². The Morgan fingerprint density at radius 1 is 1.17 bits per heavy atom. The summed E-state index contributed by atoms with van der Waals surface area (Å²) in [7, 11) is 0. The van der Waals surface area contributed by atoms with Crippen molar-refractivity contribution < 1.29 is 10.0 Å². The highest BCUT2D eigenvalue weighted by molar-refractivity contribution is 6.41. The smallest absolute Gasteiger partial charge is 0.270 e. The van der Waals surface area contributed by atoms with Crippen molar-refractivity contribution in [1.82, 2.24) is 5.43 Å². The molecule has 1 atom stereocenters. The van der Waals surface area contributed by atoms with E-state index in [0.29, 0.717) is 23.7 Å². The van der Waals surface area contributed by atoms with E-state index in [2.05, 4.69) is 15.6 Å². The first-order valence-corrected chi connectivity index (χ1v) is 7.65. The number of amidine groups is 1. The molecule has 0 saturated heterocycles. The van der Waals surface area contributed by atoms with Crippen LogP contribution in [0.15, 0.2) is 70.8 Å². The van der Waals surface area contributed by atoms with Crippen molar-refractivity contribution in [3.05, 3.63) is 66.2 Å². The first-order valence-electron chi connectivity index (χ1n) is 7.65. The van der Waals surface area contributed by atoms with Crippen LogP contribution < -0.4 is 10.4 Å². The molecule has 0 aliphatic carbocycles. The van der Waals surface area contributed by atoms with Gasteiger partial charge in [0.2, 0.25) is 0 Å². The van der Waals surface area contributed by atoms with Crippen LogP contribution >= 0.6 is 0 Å². The number of benzene rings is 2. The number of oxime groups is 1. The molecule has 1 amide bonds. The average Bonchev–Trinajstić information content (AvgIpc) is 2.64. The molecule has 0 aromatic heterocycles. The van der Waals surface area contributed by atoms with E-state index in [0.717, 1.165) is 5.56 Å². The van der Waals surface area contributed by atoms with Crippen molar-refractivity contribution in [3.8, 4) is 0 Å². The van der Waals surface area contributed by atoms with Crippen LogP contribution in [0.25, 0.3) is 0 Å². The third kappa shape index (κ3) is 3.27. The van der Waals surface area contributed by atoms with E-state index in [-0.39, 0.29) is 5.91 Å². The van der Waals surface area contributed by atoms with Gasteiger partial charge in [-0.15, -0.1) is 0 Å². The number of hydrogen-bond acceptors (Lipinski definition) is 5. The third-order valence-corrected chi connectivity index (χ3v) is 3.79. The summed E-state index contributed by atoms with van der Waals surface area (Å²) in [5.74, 6) is 0.224. The number of anilines is 1. The lowest BCUT2D eigenvalue weighted by Gasteiger charge is -2.32. The molecule has 0 bridgehead atoms. The minimum Gasteiger partial charge on any atom is -0.411 e. The lowest BCUT2D eigenvalue weighted by Crippen LogP contribution is -2.56. The van der Waals surface area contributed by atoms with E-state index >= 15 is 0 Å². The molecule has 6 heteroatoms. The molecule has 0 fully saturated rings. The van der Waals surface area contributed by atoms with Crippen LogP contribution in [0.1, 0.15) is 12.5 Å². The van der Waals surface area contributed by atoms with E-state index < -0.39 is 6.04 Å². The van der Waals surface area contributed by atoms with Crippen LogP contribution in [-0.4, -0.2) is 28.7 Å². The molecule has 1 aliphatic heterocycles. The molecular weight excluding hydrogens is 304 g/mol. The third-order valence-electron chi connectivity index (χ3n) is 3.79. The number of nitrogens with one attached hydrogen (secondary N) is 1. The fraction of sp³-hybridized carbons (Fsp3) is 0.167. The molecule has 122 valence electrons. The summed E-state index contributed by atoms with van der Waals surface area (Å²) < 4.78 is 0. The summed E-state index contributed by atoms with van der Waals surface area (Å²) in [6, 6.07) is 18.4. The summed E-state index contributed by atoms with van der Waals surface area (Å²) in [6.45, 7) is 1.63. The largest absolute Gasteiger partial charge is 0.411 e. The van der Waals surface area contributed by atoms with Gasteiger partial charge in [-0.2, -0.15) is 0 Å². The minimum absolute atomic E-state index is 0.153. The zero-order valence-corrected chi connectivity index (χ0v) is 13.3. The maximum atomic E-state index is 12.8. The average molecular weight is 322 g/mol. The Morgan fingerprint density at radius 2 is 1.79 bits per heavy atom. The van der Waals surface area contributed by atoms with Crippen LogP contribution in [0, 0.1) is 0 Å². The highest BCUT2D eigenvalue weighted by atomic mass is 16.4. The number of hydrazine groups is 1. The number of rotatable bonds is 4. The first kappa shape index (κ1) is 15.7. The van der Waals surface area contributed by atoms with Gasteiger partial charge in [0.25, 0.3) is 5.91 Å². The Bertz CT molecular complexity index is 772. The summed E-state index contributed by atoms with van der Waals surface area (Å²) in [5.41, 5.74) is 4.98. The summed E-state index contributed by atoms with van der Waals surface area (Å²) in [5, 5.41) is 13.7. The zero-order chi connectivity index (χ0) is 16.9. The Hall–Kier alpha value is -3.15. The molecular formula is C18H18N4O2. The maximum absolute atomic E-state index is 12.8. The van der Waals surface area contributed by atoms with Gasteiger partial charge in [0.15, 0.2) is 5.84 Å². The molecule has 0 saturated carbocycles. The second-order valence-electron chi connectivity index (χ2n) is 5.49. The number of para-hydroxylation sites is 1. The SMILES string of the molecule is C/C(=N/O)C1=N[C@H](Cc2ccccc2)C(=O)N(c2ccccc2)N1. The summed E-state index contributed by atoms with van der Waals surface area (Å²) >= 11 is 0. The van der Waals surface area contributed by atoms with Crippen LogP contribution in [-0.2, 0) is 11.2 Å². The lowest BCUT2D eigenvalue weighted by molar-refractivity contribution is -0.120. The van der Waals surface area contributed by atoms with Crippen molar-refractivity contribution in [2.24, 2.45) is 10.1 Å². The molecule has 1 heterocycles. The fourth-order valence-electron chi connectivity index (χ4n) is 2.51. The maximum Gasteiger partial charge on any atom is 0.270 e. The van der Waals surface area contributed by atoms with Crippen molar-refractivity contribution in [2.45, 2.75) is 19.4 Å². The molecule has 1 aliphatic rings. The molecule has 2 aromatic carbocycles. The van der Waals surface area contributed by atoms with E-state index in [4.69, 9.17) is 5.21 Å². The Balaban J connectivity index is 1.95. The van der Waals surface area contributed by atoms with Crippen molar-refractivity contribution in [3.63, 3.8) is 0 Å². The molecule has 6 nitrogen and oxygen atoms in total. The Kier molecular flexibility index (Phi) is 4.56. The minimum atomic E-state index is -0.583. The first-order chi connectivity index (χ1) is 11.7. The predicted octanol–water partition coefficient (Wildman–Crippen LogP) is 2.40. The van der Waals surface area contributed by atoms with E-state index in [9.17, 15) is 4.79 Å². The molecule has 2 aromatic rings. The molecule has 2 N–H and O–H groups in total. The molecule has 24 heavy (non-hydrogen) atoms. The van der Waals surface area contributed by atoms with Crippen LogP contribution in [0.4, 0.5) is 5.69 Å². The number of carbonyl (C=O) groups excluding carboxylic acids is 1. The van der Waals surface area contributed by atoms with Crippen molar-refractivity contribution in [2.75, 3.05) is 5.01 Å². The van der Waals surface area contributed by atoms with E-state index in [1.807, 2.05) is 60.7 Å². The normalized spacial score (nSPS) is 18.1. The van der Waals surface area contributed by atoms with Crippen molar-refractivity contribution in [1.29, 1.82) is 0 Å². The fourth-order valence-corrected chi connectivity index (χ4v) is 2.51. The molecule has 0 radical (unpaired) electrons. The quantitative estimate of drug-likeness (QED) is 0.515. The molecule has 3 rings (SSSR count). The summed E-state index contributed by atoms with van der Waals surface area (Å²) in [6.07, 6.45) is 0.479. The predicted molar refractivity (Wildman–Crippen MR) is 93.3 cm³/mol. The standard InChI is InChI=1S/C18H18N4O2/c1-13(21-24)17-19-16(12-14-8-4-2-5-9-14)18(23)22(20-17)15-10-6-3-7-11-15/h2-11,16,24H,12H2,1H3,(H,19,20)/b21-13-/t16-/m1/s1. The van der Waals surface area contributed by atoms with Gasteiger partial charge >= 0.3 is 0 Å². The Morgan fingerprint density at radius 3 is 2.42 bits per heavy atom. The number of aliphatic imine (C=N–C) groups is 1. The number of hydrogen-bond donors (Lipinski definition) is 2. The number of amides is 1. The van der Waals surface area contributed by atoms with Gasteiger partial charge in [0.05, 0.1) is 5.69 Å².